The summed E-state index contributed by atoms with van der Waals surface area (Å²) in [6, 6.07) is 8.95. The molecule has 1 rings (SSSR count). The first kappa shape index (κ1) is 14.2. The summed E-state index contributed by atoms with van der Waals surface area (Å²) in [5.74, 6) is 0.129. The van der Waals surface area contributed by atoms with Crippen LogP contribution in [-0.2, 0) is 14.3 Å². The van der Waals surface area contributed by atoms with Crippen LogP contribution >= 0.6 is 0 Å². The van der Waals surface area contributed by atoms with E-state index in [1.165, 1.54) is 0 Å². The lowest BCUT2D eigenvalue weighted by molar-refractivity contribution is -0.144. The summed E-state index contributed by atoms with van der Waals surface area (Å²) in [7, 11) is 0. The lowest BCUT2D eigenvalue weighted by Gasteiger charge is -2.11. The Morgan fingerprint density at radius 3 is 2.33 bits per heavy atom. The van der Waals surface area contributed by atoms with Crippen molar-refractivity contribution in [2.45, 2.75) is 26.8 Å². The smallest absolute Gasteiger partial charge is 0.330 e. The number of carbonyl (C=O) groups is 1. The van der Waals surface area contributed by atoms with Crippen LogP contribution in [0.15, 0.2) is 35.3 Å². The number of esters is 1. The van der Waals surface area contributed by atoms with Crippen LogP contribution in [0.1, 0.15) is 26.3 Å². The molecule has 0 aromatic heterocycles. The molecule has 4 nitrogen and oxygen atoms in total. The number of ether oxygens (including phenoxy) is 2. The lowest BCUT2D eigenvalue weighted by Crippen LogP contribution is -2.21. The van der Waals surface area contributed by atoms with E-state index in [2.05, 4.69) is 4.99 Å². The lowest BCUT2D eigenvalue weighted by atomic mass is 10.2. The third-order valence-corrected chi connectivity index (χ3v) is 2.24. The van der Waals surface area contributed by atoms with Gasteiger partial charge in [-0.25, -0.2) is 9.79 Å². The van der Waals surface area contributed by atoms with Gasteiger partial charge in [0.05, 0.1) is 13.2 Å². The van der Waals surface area contributed by atoms with Crippen molar-refractivity contribution in [2.75, 3.05) is 13.2 Å². The van der Waals surface area contributed by atoms with Crippen molar-refractivity contribution in [1.29, 1.82) is 0 Å². The van der Waals surface area contributed by atoms with Gasteiger partial charge in [-0.05, 0) is 32.9 Å². The molecule has 0 aliphatic rings. The monoisotopic (exact) mass is 249 g/mol. The van der Waals surface area contributed by atoms with Gasteiger partial charge in [0.15, 0.2) is 0 Å². The van der Waals surface area contributed by atoms with Gasteiger partial charge in [-0.15, -0.1) is 0 Å². The number of carbonyl (C=O) groups excluding carboxylic acids is 1. The normalized spacial score (nSPS) is 12.9. The average Bonchev–Trinajstić information content (AvgIpc) is 2.39. The highest BCUT2D eigenvalue weighted by atomic mass is 16.5. The third-order valence-electron chi connectivity index (χ3n) is 2.24. The molecule has 0 N–H and O–H groups in total. The van der Waals surface area contributed by atoms with Crippen LogP contribution in [0.4, 0.5) is 0 Å². The second kappa shape index (κ2) is 7.48. The Morgan fingerprint density at radius 2 is 1.78 bits per heavy atom. The van der Waals surface area contributed by atoms with Crippen LogP contribution in [0.5, 0.6) is 0 Å². The number of aliphatic imine (C=N–C) groups is 1. The van der Waals surface area contributed by atoms with Gasteiger partial charge in [0.2, 0.25) is 5.90 Å². The molecule has 0 spiro atoms. The molecular formula is C14H19NO3. The molecule has 18 heavy (non-hydrogen) atoms. The first-order valence-corrected chi connectivity index (χ1v) is 6.11. The van der Waals surface area contributed by atoms with E-state index in [9.17, 15) is 4.79 Å². The molecule has 1 atom stereocenters. The molecule has 0 fully saturated rings. The van der Waals surface area contributed by atoms with Crippen molar-refractivity contribution in [1.82, 2.24) is 0 Å². The zero-order valence-corrected chi connectivity index (χ0v) is 11.1. The van der Waals surface area contributed by atoms with Gasteiger partial charge in [-0.3, -0.25) is 0 Å². The Morgan fingerprint density at radius 1 is 1.17 bits per heavy atom. The topological polar surface area (TPSA) is 47.9 Å². The number of hydrogen-bond donors (Lipinski definition) is 0. The predicted molar refractivity (Wildman–Crippen MR) is 70.7 cm³/mol. The minimum Gasteiger partial charge on any atom is -0.478 e. The van der Waals surface area contributed by atoms with Crippen molar-refractivity contribution in [2.24, 2.45) is 4.99 Å². The van der Waals surface area contributed by atoms with Crippen molar-refractivity contribution in [3.05, 3.63) is 35.9 Å². The molecule has 0 heterocycles. The number of rotatable bonds is 5. The van der Waals surface area contributed by atoms with E-state index in [1.807, 2.05) is 37.3 Å². The summed E-state index contributed by atoms with van der Waals surface area (Å²) >= 11 is 0. The highest BCUT2D eigenvalue weighted by molar-refractivity contribution is 5.95. The fourth-order valence-corrected chi connectivity index (χ4v) is 1.40. The van der Waals surface area contributed by atoms with Crippen molar-refractivity contribution < 1.29 is 14.3 Å². The summed E-state index contributed by atoms with van der Waals surface area (Å²) in [5.41, 5.74) is 0.857. The van der Waals surface area contributed by atoms with E-state index in [4.69, 9.17) is 9.47 Å². The Labute approximate surface area is 108 Å². The summed E-state index contributed by atoms with van der Waals surface area (Å²) in [6.45, 7) is 6.21. The Kier molecular flexibility index (Phi) is 5.91. The molecule has 0 radical (unpaired) electrons. The standard InChI is InChI=1S/C14H19NO3/c1-4-17-13(12-9-7-6-8-10-12)15-11(3)14(16)18-5-2/h6-11H,4-5H2,1-3H3. The minimum absolute atomic E-state index is 0.342. The van der Waals surface area contributed by atoms with Crippen molar-refractivity contribution in [3.63, 3.8) is 0 Å². The Balaban J connectivity index is 2.88. The first-order chi connectivity index (χ1) is 8.69. The molecule has 0 saturated carbocycles. The van der Waals surface area contributed by atoms with Gasteiger partial charge in [0, 0.05) is 5.56 Å². The summed E-state index contributed by atoms with van der Waals surface area (Å²) in [6.07, 6.45) is 0. The van der Waals surface area contributed by atoms with E-state index in [-0.39, 0.29) is 5.97 Å². The molecule has 1 aromatic carbocycles. The fourth-order valence-electron chi connectivity index (χ4n) is 1.40. The van der Waals surface area contributed by atoms with Crippen LogP contribution in [0.3, 0.4) is 0 Å². The van der Waals surface area contributed by atoms with E-state index in [0.29, 0.717) is 19.1 Å². The van der Waals surface area contributed by atoms with Gasteiger partial charge >= 0.3 is 5.97 Å². The number of hydrogen-bond acceptors (Lipinski definition) is 4. The van der Waals surface area contributed by atoms with E-state index in [0.717, 1.165) is 5.56 Å². The number of benzene rings is 1. The Hall–Kier alpha value is -1.84. The molecule has 0 aliphatic heterocycles. The Bertz CT molecular complexity index is 401. The molecule has 1 unspecified atom stereocenters. The molecule has 98 valence electrons. The second-order valence-corrected chi connectivity index (χ2v) is 3.66. The van der Waals surface area contributed by atoms with Crippen LogP contribution in [0.25, 0.3) is 0 Å². The molecular weight excluding hydrogens is 230 g/mol. The van der Waals surface area contributed by atoms with Gasteiger partial charge in [0.1, 0.15) is 6.04 Å². The highest BCUT2D eigenvalue weighted by Gasteiger charge is 2.15. The van der Waals surface area contributed by atoms with Gasteiger partial charge in [0.25, 0.3) is 0 Å². The molecule has 1 aromatic rings. The maximum atomic E-state index is 11.5. The summed E-state index contributed by atoms with van der Waals surface area (Å²) < 4.78 is 10.4. The summed E-state index contributed by atoms with van der Waals surface area (Å²) in [5, 5.41) is 0. The van der Waals surface area contributed by atoms with Gasteiger partial charge in [-0.2, -0.15) is 0 Å². The van der Waals surface area contributed by atoms with Gasteiger partial charge < -0.3 is 9.47 Å². The van der Waals surface area contributed by atoms with Crippen LogP contribution in [0.2, 0.25) is 0 Å². The van der Waals surface area contributed by atoms with Crippen LogP contribution in [0, 0.1) is 0 Å². The summed E-state index contributed by atoms with van der Waals surface area (Å²) in [4.78, 5) is 15.8. The van der Waals surface area contributed by atoms with E-state index < -0.39 is 6.04 Å². The highest BCUT2D eigenvalue weighted by Crippen LogP contribution is 2.06. The zero-order valence-electron chi connectivity index (χ0n) is 11.1. The van der Waals surface area contributed by atoms with E-state index >= 15 is 0 Å². The maximum absolute atomic E-state index is 11.5. The second-order valence-electron chi connectivity index (χ2n) is 3.66. The average molecular weight is 249 g/mol. The molecule has 0 amide bonds. The maximum Gasteiger partial charge on any atom is 0.330 e. The van der Waals surface area contributed by atoms with Crippen LogP contribution in [-0.4, -0.2) is 31.1 Å². The number of nitrogens with zero attached hydrogens (tertiary/aromatic N) is 1. The minimum atomic E-state index is -0.563. The quantitative estimate of drug-likeness (QED) is 0.457. The van der Waals surface area contributed by atoms with Crippen LogP contribution < -0.4 is 0 Å². The first-order valence-electron chi connectivity index (χ1n) is 6.11. The van der Waals surface area contributed by atoms with Gasteiger partial charge in [-0.1, -0.05) is 18.2 Å². The molecule has 4 heteroatoms. The molecule has 0 saturated heterocycles. The predicted octanol–water partition coefficient (Wildman–Crippen LogP) is 2.42. The molecule has 0 aliphatic carbocycles. The zero-order chi connectivity index (χ0) is 13.4. The molecule has 0 bridgehead atoms. The van der Waals surface area contributed by atoms with E-state index in [1.54, 1.807) is 13.8 Å². The SMILES string of the molecule is CCOC(=O)C(C)N=C(OCC)c1ccccc1. The largest absolute Gasteiger partial charge is 0.478 e. The van der Waals surface area contributed by atoms with Crippen molar-refractivity contribution in [3.8, 4) is 0 Å². The third kappa shape index (κ3) is 4.20. The fraction of sp³-hybridized carbons (Fsp3) is 0.429. The van der Waals surface area contributed by atoms with Crippen molar-refractivity contribution >= 4 is 11.9 Å².